The second-order valence-corrected chi connectivity index (χ2v) is 11.9. The Labute approximate surface area is 204 Å². The number of hydrogen-bond donors (Lipinski definition) is 0. The van der Waals surface area contributed by atoms with E-state index in [2.05, 4.69) is 20.0 Å². The van der Waals surface area contributed by atoms with Crippen molar-refractivity contribution in [1.29, 1.82) is 0 Å². The lowest BCUT2D eigenvalue weighted by atomic mass is 10.00. The molecule has 8 heteroatoms. The molecule has 0 N–H and O–H groups in total. The zero-order valence-electron chi connectivity index (χ0n) is 20.3. The number of hydrogen-bond acceptors (Lipinski definition) is 6. The third kappa shape index (κ3) is 4.99. The molecular formula is C26H37N5O2S. The standard InChI is InChI=1S/C26H37N5O2S/c1-21-8-9-22(20-25(21)34(32,33)31-16-6-3-7-17-31)24-10-11-26(28-27-24)30-18-12-23(13-19-30)29-14-4-2-5-15-29/h8-11,20,23H,2-7,12-19H2,1H3. The van der Waals surface area contributed by atoms with Gasteiger partial charge in [-0.15, -0.1) is 10.2 Å². The number of aryl methyl sites for hydroxylation is 1. The maximum absolute atomic E-state index is 13.3. The predicted molar refractivity (Wildman–Crippen MR) is 135 cm³/mol. The largest absolute Gasteiger partial charge is 0.355 e. The highest BCUT2D eigenvalue weighted by molar-refractivity contribution is 7.89. The van der Waals surface area contributed by atoms with Crippen molar-refractivity contribution in [1.82, 2.24) is 19.4 Å². The lowest BCUT2D eigenvalue weighted by molar-refractivity contribution is 0.141. The van der Waals surface area contributed by atoms with Crippen LogP contribution in [0.4, 0.5) is 5.82 Å². The van der Waals surface area contributed by atoms with E-state index in [1.807, 2.05) is 31.2 Å². The van der Waals surface area contributed by atoms with Crippen molar-refractivity contribution in [3.8, 4) is 11.3 Å². The van der Waals surface area contributed by atoms with E-state index in [1.165, 1.54) is 45.2 Å². The quantitative estimate of drug-likeness (QED) is 0.638. The summed E-state index contributed by atoms with van der Waals surface area (Å²) in [5.41, 5.74) is 2.28. The predicted octanol–water partition coefficient (Wildman–Crippen LogP) is 4.08. The van der Waals surface area contributed by atoms with Crippen molar-refractivity contribution in [3.05, 3.63) is 35.9 Å². The molecule has 0 amide bonds. The van der Waals surface area contributed by atoms with Crippen molar-refractivity contribution in [2.75, 3.05) is 44.2 Å². The molecule has 0 saturated carbocycles. The molecular weight excluding hydrogens is 446 g/mol. The number of rotatable bonds is 5. The van der Waals surface area contributed by atoms with Crippen LogP contribution >= 0.6 is 0 Å². The van der Waals surface area contributed by atoms with Gasteiger partial charge in [0.15, 0.2) is 5.82 Å². The van der Waals surface area contributed by atoms with Crippen LogP contribution in [0.2, 0.25) is 0 Å². The fraction of sp³-hybridized carbons (Fsp3) is 0.615. The van der Waals surface area contributed by atoms with Gasteiger partial charge in [-0.1, -0.05) is 25.0 Å². The number of anilines is 1. The summed E-state index contributed by atoms with van der Waals surface area (Å²) in [5, 5.41) is 9.01. The Hall–Kier alpha value is -2.03. The van der Waals surface area contributed by atoms with Gasteiger partial charge in [0, 0.05) is 37.8 Å². The van der Waals surface area contributed by atoms with Gasteiger partial charge in [-0.25, -0.2) is 8.42 Å². The number of piperidine rings is 3. The average Bonchev–Trinajstić information content (AvgIpc) is 2.90. The smallest absolute Gasteiger partial charge is 0.243 e. The van der Waals surface area contributed by atoms with Gasteiger partial charge in [0.05, 0.1) is 10.6 Å². The molecule has 5 rings (SSSR count). The van der Waals surface area contributed by atoms with Crippen molar-refractivity contribution in [3.63, 3.8) is 0 Å². The number of sulfonamides is 1. The SMILES string of the molecule is Cc1ccc(-c2ccc(N3CCC(N4CCCCC4)CC3)nn2)cc1S(=O)(=O)N1CCCCC1. The molecule has 3 saturated heterocycles. The van der Waals surface area contributed by atoms with Gasteiger partial charge < -0.3 is 9.80 Å². The van der Waals surface area contributed by atoms with E-state index in [4.69, 9.17) is 0 Å². The van der Waals surface area contributed by atoms with E-state index < -0.39 is 10.0 Å². The first-order chi connectivity index (χ1) is 16.5. The van der Waals surface area contributed by atoms with E-state index in [9.17, 15) is 8.42 Å². The Bertz CT molecular complexity index is 1070. The Morgan fingerprint density at radius 2 is 1.47 bits per heavy atom. The van der Waals surface area contributed by atoms with E-state index in [1.54, 1.807) is 10.4 Å². The molecule has 0 unspecified atom stereocenters. The topological polar surface area (TPSA) is 69.6 Å². The Morgan fingerprint density at radius 1 is 0.794 bits per heavy atom. The Morgan fingerprint density at radius 3 is 2.12 bits per heavy atom. The molecule has 3 aliphatic heterocycles. The lowest BCUT2D eigenvalue weighted by Gasteiger charge is -2.40. The highest BCUT2D eigenvalue weighted by Gasteiger charge is 2.28. The summed E-state index contributed by atoms with van der Waals surface area (Å²) in [4.78, 5) is 5.40. The van der Waals surface area contributed by atoms with Gasteiger partial charge in [-0.05, 0) is 82.3 Å². The van der Waals surface area contributed by atoms with Crippen LogP contribution < -0.4 is 4.90 Å². The first-order valence-electron chi connectivity index (χ1n) is 13.0. The zero-order chi connectivity index (χ0) is 23.5. The van der Waals surface area contributed by atoms with Crippen molar-refractivity contribution in [2.45, 2.75) is 69.2 Å². The molecule has 0 atom stereocenters. The molecule has 1 aromatic carbocycles. The van der Waals surface area contributed by atoms with E-state index >= 15 is 0 Å². The molecule has 2 aromatic rings. The minimum absolute atomic E-state index is 0.387. The third-order valence-electron chi connectivity index (χ3n) is 7.76. The summed E-state index contributed by atoms with van der Waals surface area (Å²) in [6.45, 7) is 7.61. The van der Waals surface area contributed by atoms with Gasteiger partial charge in [0.25, 0.3) is 0 Å². The summed E-state index contributed by atoms with van der Waals surface area (Å²) in [5.74, 6) is 0.911. The minimum Gasteiger partial charge on any atom is -0.355 e. The summed E-state index contributed by atoms with van der Waals surface area (Å²) in [6.07, 6.45) is 9.38. The molecule has 34 heavy (non-hydrogen) atoms. The Balaban J connectivity index is 1.28. The molecule has 0 bridgehead atoms. The summed E-state index contributed by atoms with van der Waals surface area (Å²) < 4.78 is 28.2. The molecule has 1 aromatic heterocycles. The second kappa shape index (κ2) is 10.3. The van der Waals surface area contributed by atoms with Crippen molar-refractivity contribution < 1.29 is 8.42 Å². The van der Waals surface area contributed by atoms with Gasteiger partial charge in [0.2, 0.25) is 10.0 Å². The average molecular weight is 484 g/mol. The van der Waals surface area contributed by atoms with Crippen LogP contribution in [0.15, 0.2) is 35.2 Å². The maximum atomic E-state index is 13.3. The van der Waals surface area contributed by atoms with Crippen LogP contribution in [-0.2, 0) is 10.0 Å². The molecule has 4 heterocycles. The fourth-order valence-electron chi connectivity index (χ4n) is 5.67. The number of likely N-dealkylation sites (tertiary alicyclic amines) is 1. The lowest BCUT2D eigenvalue weighted by Crippen LogP contribution is -2.47. The van der Waals surface area contributed by atoms with Crippen LogP contribution in [0.25, 0.3) is 11.3 Å². The number of benzene rings is 1. The second-order valence-electron chi connectivity index (χ2n) is 10.0. The van der Waals surface area contributed by atoms with E-state index in [0.717, 1.165) is 49.3 Å². The van der Waals surface area contributed by atoms with Crippen LogP contribution in [0.1, 0.15) is 56.9 Å². The maximum Gasteiger partial charge on any atom is 0.243 e. The molecule has 184 valence electrons. The summed E-state index contributed by atoms with van der Waals surface area (Å²) >= 11 is 0. The van der Waals surface area contributed by atoms with Crippen LogP contribution in [-0.4, -0.2) is 73.1 Å². The van der Waals surface area contributed by atoms with Crippen LogP contribution in [0.3, 0.4) is 0 Å². The summed E-state index contributed by atoms with van der Waals surface area (Å²) in [7, 11) is -3.49. The van der Waals surface area contributed by atoms with Gasteiger partial charge >= 0.3 is 0 Å². The third-order valence-corrected chi connectivity index (χ3v) is 9.80. The van der Waals surface area contributed by atoms with E-state index in [0.29, 0.717) is 29.7 Å². The number of aromatic nitrogens is 2. The van der Waals surface area contributed by atoms with Crippen LogP contribution in [0, 0.1) is 6.92 Å². The van der Waals surface area contributed by atoms with Crippen molar-refractivity contribution in [2.24, 2.45) is 0 Å². The van der Waals surface area contributed by atoms with Gasteiger partial charge in [-0.3, -0.25) is 0 Å². The molecule has 0 radical (unpaired) electrons. The van der Waals surface area contributed by atoms with Gasteiger partial charge in [0.1, 0.15) is 0 Å². The van der Waals surface area contributed by atoms with Crippen molar-refractivity contribution >= 4 is 15.8 Å². The minimum atomic E-state index is -3.49. The van der Waals surface area contributed by atoms with Crippen LogP contribution in [0.5, 0.6) is 0 Å². The van der Waals surface area contributed by atoms with E-state index in [-0.39, 0.29) is 0 Å². The van der Waals surface area contributed by atoms with Gasteiger partial charge in [-0.2, -0.15) is 4.31 Å². The monoisotopic (exact) mass is 483 g/mol. The summed E-state index contributed by atoms with van der Waals surface area (Å²) in [6, 6.07) is 10.3. The highest BCUT2D eigenvalue weighted by atomic mass is 32.2. The first-order valence-corrected chi connectivity index (χ1v) is 14.4. The molecule has 3 fully saturated rings. The Kier molecular flexibility index (Phi) is 7.18. The zero-order valence-corrected chi connectivity index (χ0v) is 21.1. The molecule has 0 aliphatic carbocycles. The molecule has 7 nitrogen and oxygen atoms in total. The normalized spacial score (nSPS) is 21.6. The first kappa shape index (κ1) is 23.7. The molecule has 3 aliphatic rings. The fourth-order valence-corrected chi connectivity index (χ4v) is 7.44. The number of nitrogens with zero attached hydrogens (tertiary/aromatic N) is 5. The molecule has 0 spiro atoms. The highest BCUT2D eigenvalue weighted by Crippen LogP contribution is 2.29.